The van der Waals surface area contributed by atoms with E-state index in [4.69, 9.17) is 0 Å². The molecule has 0 aliphatic carbocycles. The predicted molar refractivity (Wildman–Crippen MR) is 157 cm³/mol. The molecule has 3 atom stereocenters. The summed E-state index contributed by atoms with van der Waals surface area (Å²) in [5.41, 5.74) is 1.85. The fraction of sp³-hybridized carbons (Fsp3) is 0.290. The van der Waals surface area contributed by atoms with Gasteiger partial charge in [0.15, 0.2) is 5.82 Å². The highest BCUT2D eigenvalue weighted by molar-refractivity contribution is 6.38. The molecule has 0 spiro atoms. The Balaban J connectivity index is 1.54. The first-order chi connectivity index (χ1) is 20.2. The SMILES string of the molecule is CCC(C)CC(NC(=O)c1nc2ccccc2[nH]1)C(=O)NC(Cc1ccc[nH]c1=O)C(=O)C(=O)NCc1ccccc1. The van der Waals surface area contributed by atoms with Gasteiger partial charge in [0, 0.05) is 24.7 Å². The van der Waals surface area contributed by atoms with Gasteiger partial charge < -0.3 is 25.9 Å². The summed E-state index contributed by atoms with van der Waals surface area (Å²) in [5.74, 6) is -2.95. The Bertz CT molecular complexity index is 1580. The zero-order valence-electron chi connectivity index (χ0n) is 23.5. The fourth-order valence-electron chi connectivity index (χ4n) is 4.43. The fourth-order valence-corrected chi connectivity index (χ4v) is 4.43. The summed E-state index contributed by atoms with van der Waals surface area (Å²) in [7, 11) is 0. The average molecular weight is 571 g/mol. The van der Waals surface area contributed by atoms with E-state index in [0.29, 0.717) is 11.0 Å². The van der Waals surface area contributed by atoms with Crippen molar-refractivity contribution in [2.24, 2.45) is 5.92 Å². The number of carbonyl (C=O) groups excluding carboxylic acids is 4. The molecule has 4 rings (SSSR count). The molecule has 0 saturated heterocycles. The largest absolute Gasteiger partial charge is 0.345 e. The third kappa shape index (κ3) is 7.78. The van der Waals surface area contributed by atoms with Crippen LogP contribution in [0.5, 0.6) is 0 Å². The van der Waals surface area contributed by atoms with Gasteiger partial charge in [-0.2, -0.15) is 0 Å². The summed E-state index contributed by atoms with van der Waals surface area (Å²) in [4.78, 5) is 75.1. The first-order valence-corrected chi connectivity index (χ1v) is 13.8. The first-order valence-electron chi connectivity index (χ1n) is 13.8. The maximum atomic E-state index is 13.6. The molecular formula is C31H34N6O5. The lowest BCUT2D eigenvalue weighted by Crippen LogP contribution is -2.55. The van der Waals surface area contributed by atoms with Crippen LogP contribution in [0, 0.1) is 5.92 Å². The number of nitrogens with one attached hydrogen (secondary N) is 5. The summed E-state index contributed by atoms with van der Waals surface area (Å²) in [5, 5.41) is 7.95. The summed E-state index contributed by atoms with van der Waals surface area (Å²) in [6.07, 6.45) is 2.26. The Morgan fingerprint density at radius 2 is 1.64 bits per heavy atom. The smallest absolute Gasteiger partial charge is 0.289 e. The second-order valence-corrected chi connectivity index (χ2v) is 10.2. The number of Topliss-reactive ketones (excluding diaryl/α,β-unsaturated/α-hetero) is 1. The molecule has 3 amide bonds. The van der Waals surface area contributed by atoms with Crippen molar-refractivity contribution in [3.05, 3.63) is 100 Å². The second kappa shape index (κ2) is 14.0. The van der Waals surface area contributed by atoms with Crippen LogP contribution in [0.4, 0.5) is 0 Å². The van der Waals surface area contributed by atoms with Crippen LogP contribution >= 0.6 is 0 Å². The normalized spacial score (nSPS) is 13.1. The highest BCUT2D eigenvalue weighted by atomic mass is 16.2. The molecule has 2 heterocycles. The standard InChI is InChI=1S/C31H34N6O5/c1-3-19(2)16-25(37-31(42)27-34-22-13-7-8-14-23(22)35-27)29(40)36-24(17-21-12-9-15-32-28(21)39)26(38)30(41)33-18-20-10-5-4-6-11-20/h4-15,19,24-25H,3,16-18H2,1-2H3,(H,32,39)(H,33,41)(H,34,35)(H,36,40)(H,37,42). The van der Waals surface area contributed by atoms with Gasteiger partial charge in [0.05, 0.1) is 11.0 Å². The number of para-hydroxylation sites is 2. The van der Waals surface area contributed by atoms with Gasteiger partial charge in [-0.1, -0.05) is 68.8 Å². The Labute approximate surface area is 242 Å². The van der Waals surface area contributed by atoms with Gasteiger partial charge in [-0.15, -0.1) is 0 Å². The molecule has 2 aromatic heterocycles. The van der Waals surface area contributed by atoms with Crippen LogP contribution in [0.3, 0.4) is 0 Å². The van der Waals surface area contributed by atoms with Crippen molar-refractivity contribution in [3.63, 3.8) is 0 Å². The molecule has 218 valence electrons. The minimum absolute atomic E-state index is 0.0434. The van der Waals surface area contributed by atoms with Crippen LogP contribution in [0.2, 0.25) is 0 Å². The van der Waals surface area contributed by atoms with Crippen LogP contribution in [0.15, 0.2) is 77.7 Å². The number of hydrogen-bond acceptors (Lipinski definition) is 6. The predicted octanol–water partition coefficient (Wildman–Crippen LogP) is 2.40. The van der Waals surface area contributed by atoms with Crippen molar-refractivity contribution in [3.8, 4) is 0 Å². The molecule has 0 fully saturated rings. The third-order valence-corrected chi connectivity index (χ3v) is 7.04. The molecule has 0 bridgehead atoms. The number of benzene rings is 2. The molecular weight excluding hydrogens is 536 g/mol. The van der Waals surface area contributed by atoms with Crippen molar-refractivity contribution in [1.82, 2.24) is 30.9 Å². The van der Waals surface area contributed by atoms with Gasteiger partial charge in [-0.05, 0) is 36.1 Å². The van der Waals surface area contributed by atoms with E-state index in [1.54, 1.807) is 36.4 Å². The Morgan fingerprint density at radius 3 is 2.36 bits per heavy atom. The van der Waals surface area contributed by atoms with E-state index in [1.165, 1.54) is 12.3 Å². The highest BCUT2D eigenvalue weighted by Gasteiger charge is 2.32. The van der Waals surface area contributed by atoms with Crippen LogP contribution < -0.4 is 21.5 Å². The molecule has 0 aliphatic rings. The Kier molecular flexibility index (Phi) is 9.99. The van der Waals surface area contributed by atoms with Crippen LogP contribution in [0.1, 0.15) is 48.4 Å². The Morgan fingerprint density at radius 1 is 0.905 bits per heavy atom. The molecule has 0 radical (unpaired) electrons. The van der Waals surface area contributed by atoms with E-state index in [9.17, 15) is 24.0 Å². The number of nitrogens with zero attached hydrogens (tertiary/aromatic N) is 1. The number of carbonyl (C=O) groups is 4. The molecule has 0 saturated carbocycles. The van der Waals surface area contributed by atoms with Crippen molar-refractivity contribution in [2.75, 3.05) is 0 Å². The second-order valence-electron chi connectivity index (χ2n) is 10.2. The minimum atomic E-state index is -1.35. The van der Waals surface area contributed by atoms with E-state index in [-0.39, 0.29) is 36.7 Å². The lowest BCUT2D eigenvalue weighted by Gasteiger charge is -2.24. The Hall–Kier alpha value is -5.06. The quantitative estimate of drug-likeness (QED) is 0.155. The topological polar surface area (TPSA) is 166 Å². The monoisotopic (exact) mass is 570 g/mol. The molecule has 3 unspecified atom stereocenters. The average Bonchev–Trinajstić information content (AvgIpc) is 3.45. The number of fused-ring (bicyclic) bond motifs is 1. The molecule has 11 heteroatoms. The van der Waals surface area contributed by atoms with Crippen molar-refractivity contribution < 1.29 is 19.2 Å². The molecule has 0 aliphatic heterocycles. The van der Waals surface area contributed by atoms with E-state index >= 15 is 0 Å². The van der Waals surface area contributed by atoms with Crippen molar-refractivity contribution in [2.45, 2.75) is 51.7 Å². The highest BCUT2D eigenvalue weighted by Crippen LogP contribution is 2.14. The van der Waals surface area contributed by atoms with E-state index in [1.807, 2.05) is 38.1 Å². The number of aromatic nitrogens is 3. The van der Waals surface area contributed by atoms with E-state index in [0.717, 1.165) is 12.0 Å². The number of amides is 3. The summed E-state index contributed by atoms with van der Waals surface area (Å²) in [6, 6.07) is 17.0. The number of rotatable bonds is 13. The third-order valence-electron chi connectivity index (χ3n) is 7.04. The summed E-state index contributed by atoms with van der Waals surface area (Å²) in [6.45, 7) is 4.02. The molecule has 2 aromatic carbocycles. The van der Waals surface area contributed by atoms with E-state index in [2.05, 4.69) is 30.9 Å². The van der Waals surface area contributed by atoms with Gasteiger partial charge in [0.25, 0.3) is 17.4 Å². The molecule has 5 N–H and O–H groups in total. The zero-order valence-corrected chi connectivity index (χ0v) is 23.5. The number of H-pyrrole nitrogens is 2. The summed E-state index contributed by atoms with van der Waals surface area (Å²) >= 11 is 0. The molecule has 4 aromatic rings. The van der Waals surface area contributed by atoms with Gasteiger partial charge >= 0.3 is 0 Å². The van der Waals surface area contributed by atoms with Crippen LogP contribution in [0.25, 0.3) is 11.0 Å². The number of hydrogen-bond donors (Lipinski definition) is 5. The first kappa shape index (κ1) is 29.9. The van der Waals surface area contributed by atoms with Crippen molar-refractivity contribution in [1.29, 1.82) is 0 Å². The minimum Gasteiger partial charge on any atom is -0.345 e. The number of imidazole rings is 1. The van der Waals surface area contributed by atoms with Crippen molar-refractivity contribution >= 4 is 34.5 Å². The zero-order chi connectivity index (χ0) is 30.1. The van der Waals surface area contributed by atoms with Gasteiger partial charge in [0.2, 0.25) is 11.7 Å². The maximum absolute atomic E-state index is 13.6. The molecule has 42 heavy (non-hydrogen) atoms. The van der Waals surface area contributed by atoms with Crippen LogP contribution in [-0.2, 0) is 27.3 Å². The lowest BCUT2D eigenvalue weighted by molar-refractivity contribution is -0.140. The van der Waals surface area contributed by atoms with E-state index < -0.39 is 41.1 Å². The summed E-state index contributed by atoms with van der Waals surface area (Å²) < 4.78 is 0. The van der Waals surface area contributed by atoms with Gasteiger partial charge in [-0.3, -0.25) is 24.0 Å². The van der Waals surface area contributed by atoms with Gasteiger partial charge in [-0.25, -0.2) is 4.98 Å². The van der Waals surface area contributed by atoms with Crippen LogP contribution in [-0.4, -0.2) is 50.5 Å². The number of ketones is 1. The van der Waals surface area contributed by atoms with Gasteiger partial charge in [0.1, 0.15) is 12.1 Å². The maximum Gasteiger partial charge on any atom is 0.289 e. The number of aromatic amines is 2. The lowest BCUT2D eigenvalue weighted by atomic mass is 9.97. The number of pyridine rings is 1. The molecule has 11 nitrogen and oxygen atoms in total.